The summed E-state index contributed by atoms with van der Waals surface area (Å²) in [6, 6.07) is 8.59. The van der Waals surface area contributed by atoms with Gasteiger partial charge in [-0.2, -0.15) is 0 Å². The van der Waals surface area contributed by atoms with Crippen molar-refractivity contribution in [3.05, 3.63) is 98.9 Å². The summed E-state index contributed by atoms with van der Waals surface area (Å²) in [5.41, 5.74) is 2.06. The first-order chi connectivity index (χ1) is 20.9. The zero-order valence-electron chi connectivity index (χ0n) is 24.6. The standard InChI is InChI=1S/C35H36F8O/c1-2-3-4-20-5-8-23(28(36)18-20)9-6-21-7-15-26-27(17-21)33(39)34(40)31(32(26)38)24-12-10-22(11-13-24)25-14-16-30(29(37)19-25)44-35(41,42)43/h5,8,14,16,18-19,21-22,24H,2-4,6-7,9-13,15,17H2,1H3. The number of aryl methyl sites for hydroxylation is 2. The number of benzene rings is 3. The second-order valence-corrected chi connectivity index (χ2v) is 12.3. The van der Waals surface area contributed by atoms with E-state index in [1.807, 2.05) is 6.07 Å². The van der Waals surface area contributed by atoms with Gasteiger partial charge in [0.2, 0.25) is 0 Å². The Bertz CT molecular complexity index is 1470. The van der Waals surface area contributed by atoms with Crippen molar-refractivity contribution in [1.29, 1.82) is 0 Å². The van der Waals surface area contributed by atoms with E-state index in [2.05, 4.69) is 11.7 Å². The molecule has 1 unspecified atom stereocenters. The molecule has 0 N–H and O–H groups in total. The summed E-state index contributed by atoms with van der Waals surface area (Å²) in [4.78, 5) is 0. The van der Waals surface area contributed by atoms with Crippen molar-refractivity contribution < 1.29 is 39.9 Å². The molecule has 1 fully saturated rings. The maximum Gasteiger partial charge on any atom is 0.573 e. The Hall–Kier alpha value is -3.10. The van der Waals surface area contributed by atoms with Crippen molar-refractivity contribution in [3.63, 3.8) is 0 Å². The van der Waals surface area contributed by atoms with Gasteiger partial charge in [-0.3, -0.25) is 0 Å². The fourth-order valence-electron chi connectivity index (χ4n) is 6.98. The molecular formula is C35H36F8O. The van der Waals surface area contributed by atoms with Gasteiger partial charge in [0.25, 0.3) is 0 Å². The number of hydrogen-bond acceptors (Lipinski definition) is 1. The first kappa shape index (κ1) is 32.3. The van der Waals surface area contributed by atoms with Crippen LogP contribution in [0.1, 0.15) is 104 Å². The van der Waals surface area contributed by atoms with Crippen LogP contribution in [0, 0.1) is 35.0 Å². The monoisotopic (exact) mass is 624 g/mol. The molecule has 2 aliphatic rings. The summed E-state index contributed by atoms with van der Waals surface area (Å²) in [5.74, 6) is -6.00. The molecule has 0 heterocycles. The number of ether oxygens (including phenoxy) is 1. The van der Waals surface area contributed by atoms with E-state index < -0.39 is 41.3 Å². The highest BCUT2D eigenvalue weighted by molar-refractivity contribution is 5.41. The highest BCUT2D eigenvalue weighted by Crippen LogP contribution is 2.45. The Morgan fingerprint density at radius 1 is 0.750 bits per heavy atom. The van der Waals surface area contributed by atoms with Gasteiger partial charge in [0.15, 0.2) is 23.2 Å². The molecule has 238 valence electrons. The molecule has 0 aromatic heterocycles. The Morgan fingerprint density at radius 2 is 1.48 bits per heavy atom. The molecule has 9 heteroatoms. The Kier molecular flexibility index (Phi) is 9.90. The number of hydrogen-bond donors (Lipinski definition) is 0. The lowest BCUT2D eigenvalue weighted by Crippen LogP contribution is -2.23. The number of rotatable bonds is 9. The molecular weight excluding hydrogens is 588 g/mol. The summed E-state index contributed by atoms with van der Waals surface area (Å²) in [5, 5.41) is 0. The second-order valence-electron chi connectivity index (χ2n) is 12.3. The van der Waals surface area contributed by atoms with Gasteiger partial charge in [-0.1, -0.05) is 31.5 Å². The van der Waals surface area contributed by atoms with E-state index in [1.165, 1.54) is 6.07 Å². The Labute approximate surface area is 252 Å². The topological polar surface area (TPSA) is 9.23 Å². The van der Waals surface area contributed by atoms with Crippen molar-refractivity contribution >= 4 is 0 Å². The first-order valence-electron chi connectivity index (χ1n) is 15.5. The molecule has 5 rings (SSSR count). The highest BCUT2D eigenvalue weighted by Gasteiger charge is 2.35. The average molecular weight is 625 g/mol. The summed E-state index contributed by atoms with van der Waals surface area (Å²) in [7, 11) is 0. The Morgan fingerprint density at radius 3 is 2.14 bits per heavy atom. The normalized spacial score (nSPS) is 20.4. The van der Waals surface area contributed by atoms with Crippen LogP contribution < -0.4 is 4.74 Å². The summed E-state index contributed by atoms with van der Waals surface area (Å²) >= 11 is 0. The SMILES string of the molecule is CCCCc1ccc(CCC2CCc3c(F)c(C4CCC(c5ccc(OC(F)(F)F)c(F)c5)CC4)c(F)c(F)c3C2)c(F)c1. The quantitative estimate of drug-likeness (QED) is 0.170. The highest BCUT2D eigenvalue weighted by atomic mass is 19.4. The summed E-state index contributed by atoms with van der Waals surface area (Å²) in [6.45, 7) is 2.08. The van der Waals surface area contributed by atoms with Gasteiger partial charge in [0.1, 0.15) is 11.6 Å². The molecule has 0 amide bonds. The summed E-state index contributed by atoms with van der Waals surface area (Å²) in [6.07, 6.45) is 1.42. The van der Waals surface area contributed by atoms with E-state index >= 15 is 13.2 Å². The van der Waals surface area contributed by atoms with Crippen LogP contribution in [0.3, 0.4) is 0 Å². The predicted octanol–water partition coefficient (Wildman–Crippen LogP) is 10.8. The van der Waals surface area contributed by atoms with Gasteiger partial charge < -0.3 is 4.74 Å². The van der Waals surface area contributed by atoms with E-state index in [0.29, 0.717) is 56.1 Å². The van der Waals surface area contributed by atoms with Crippen LogP contribution in [0.4, 0.5) is 35.1 Å². The van der Waals surface area contributed by atoms with Crippen LogP contribution in [0.5, 0.6) is 5.75 Å². The minimum absolute atomic E-state index is 0.0235. The molecule has 0 radical (unpaired) electrons. The predicted molar refractivity (Wildman–Crippen MR) is 152 cm³/mol. The minimum atomic E-state index is -5.01. The third kappa shape index (κ3) is 7.23. The van der Waals surface area contributed by atoms with Gasteiger partial charge in [-0.15, -0.1) is 13.2 Å². The lowest BCUT2D eigenvalue weighted by atomic mass is 9.73. The molecule has 2 aliphatic carbocycles. The Balaban J connectivity index is 1.23. The molecule has 1 saturated carbocycles. The molecule has 1 atom stereocenters. The van der Waals surface area contributed by atoms with Gasteiger partial charge in [0, 0.05) is 5.56 Å². The summed E-state index contributed by atoms with van der Waals surface area (Å²) < 4.78 is 117. The fraction of sp³-hybridized carbons (Fsp3) is 0.486. The van der Waals surface area contributed by atoms with Crippen molar-refractivity contribution in [3.8, 4) is 5.75 Å². The molecule has 0 spiro atoms. The number of unbranched alkanes of at least 4 members (excludes halogenated alkanes) is 1. The van der Waals surface area contributed by atoms with Gasteiger partial charge in [-0.25, -0.2) is 22.0 Å². The molecule has 44 heavy (non-hydrogen) atoms. The second kappa shape index (κ2) is 13.5. The van der Waals surface area contributed by atoms with Crippen LogP contribution >= 0.6 is 0 Å². The van der Waals surface area contributed by atoms with Crippen LogP contribution in [0.25, 0.3) is 0 Å². The lowest BCUT2D eigenvalue weighted by molar-refractivity contribution is -0.275. The van der Waals surface area contributed by atoms with Crippen molar-refractivity contribution in [2.75, 3.05) is 0 Å². The third-order valence-corrected chi connectivity index (χ3v) is 9.40. The molecule has 1 nitrogen and oxygen atoms in total. The van der Waals surface area contributed by atoms with Crippen LogP contribution in [0.2, 0.25) is 0 Å². The van der Waals surface area contributed by atoms with E-state index in [1.54, 1.807) is 12.1 Å². The first-order valence-corrected chi connectivity index (χ1v) is 15.5. The van der Waals surface area contributed by atoms with Crippen LogP contribution in [0.15, 0.2) is 36.4 Å². The van der Waals surface area contributed by atoms with Crippen molar-refractivity contribution in [2.45, 2.75) is 102 Å². The van der Waals surface area contributed by atoms with E-state index in [9.17, 15) is 22.0 Å². The van der Waals surface area contributed by atoms with E-state index in [0.717, 1.165) is 37.0 Å². The van der Waals surface area contributed by atoms with Gasteiger partial charge >= 0.3 is 6.36 Å². The van der Waals surface area contributed by atoms with Gasteiger partial charge in [0.05, 0.1) is 0 Å². The van der Waals surface area contributed by atoms with E-state index in [4.69, 9.17) is 0 Å². The lowest BCUT2D eigenvalue weighted by Gasteiger charge is -2.32. The zero-order valence-corrected chi connectivity index (χ0v) is 24.6. The molecule has 0 aliphatic heterocycles. The maximum absolute atomic E-state index is 15.8. The number of fused-ring (bicyclic) bond motifs is 1. The zero-order chi connectivity index (χ0) is 31.6. The molecule has 3 aromatic rings. The average Bonchev–Trinajstić information content (AvgIpc) is 2.99. The fourth-order valence-corrected chi connectivity index (χ4v) is 6.98. The van der Waals surface area contributed by atoms with Gasteiger partial charge in [-0.05, 0) is 134 Å². The van der Waals surface area contributed by atoms with Crippen LogP contribution in [-0.2, 0) is 25.7 Å². The minimum Gasteiger partial charge on any atom is -0.403 e. The smallest absolute Gasteiger partial charge is 0.403 e. The molecule has 3 aromatic carbocycles. The van der Waals surface area contributed by atoms with Crippen molar-refractivity contribution in [1.82, 2.24) is 0 Å². The van der Waals surface area contributed by atoms with Crippen LogP contribution in [-0.4, -0.2) is 6.36 Å². The molecule has 0 bridgehead atoms. The number of alkyl halides is 3. The van der Waals surface area contributed by atoms with E-state index in [-0.39, 0.29) is 47.2 Å². The molecule has 0 saturated heterocycles. The third-order valence-electron chi connectivity index (χ3n) is 9.40. The largest absolute Gasteiger partial charge is 0.573 e. The maximum atomic E-state index is 15.8. The number of halogens is 8. The van der Waals surface area contributed by atoms with Crippen molar-refractivity contribution in [2.24, 2.45) is 5.92 Å².